The molecule has 0 radical (unpaired) electrons. The topological polar surface area (TPSA) is 59.1 Å². The second-order valence-corrected chi connectivity index (χ2v) is 7.01. The van der Waals surface area contributed by atoms with E-state index in [2.05, 4.69) is 11.8 Å². The van der Waals surface area contributed by atoms with Crippen LogP contribution in [0.4, 0.5) is 10.5 Å². The first kappa shape index (κ1) is 18.1. The van der Waals surface area contributed by atoms with Crippen molar-refractivity contribution in [2.24, 2.45) is 0 Å². The third kappa shape index (κ3) is 4.40. The molecule has 1 heterocycles. The number of rotatable bonds is 2. The monoisotopic (exact) mass is 334 g/mol. The molecule has 1 aliphatic heterocycles. The van der Waals surface area contributed by atoms with Gasteiger partial charge in [-0.1, -0.05) is 0 Å². The number of benzene rings is 1. The summed E-state index contributed by atoms with van der Waals surface area (Å²) in [6, 6.07) is 7.50. The molecular formula is C18H26N2O4. The molecule has 0 spiro atoms. The summed E-state index contributed by atoms with van der Waals surface area (Å²) in [6.45, 7) is 9.61. The highest BCUT2D eigenvalue weighted by Crippen LogP contribution is 2.22. The van der Waals surface area contributed by atoms with Crippen LogP contribution in [-0.2, 0) is 9.47 Å². The van der Waals surface area contributed by atoms with Crippen LogP contribution in [0.5, 0.6) is 0 Å². The van der Waals surface area contributed by atoms with E-state index in [4.69, 9.17) is 9.47 Å². The van der Waals surface area contributed by atoms with E-state index in [0.717, 1.165) is 12.2 Å². The zero-order valence-electron chi connectivity index (χ0n) is 15.0. The molecule has 2 rings (SSSR count). The van der Waals surface area contributed by atoms with Crippen molar-refractivity contribution in [2.75, 3.05) is 31.6 Å². The highest BCUT2D eigenvalue weighted by molar-refractivity contribution is 5.89. The number of amides is 1. The molecule has 1 aromatic rings. The molecule has 0 saturated carbocycles. The van der Waals surface area contributed by atoms with Gasteiger partial charge in [0.05, 0.1) is 12.7 Å². The highest BCUT2D eigenvalue weighted by Gasteiger charge is 2.29. The van der Waals surface area contributed by atoms with Crippen LogP contribution in [-0.4, -0.2) is 55.3 Å². The molecule has 0 N–H and O–H groups in total. The lowest BCUT2D eigenvalue weighted by Gasteiger charge is -2.41. The molecule has 1 saturated heterocycles. The number of anilines is 1. The minimum absolute atomic E-state index is 0.162. The first-order valence-electron chi connectivity index (χ1n) is 8.14. The van der Waals surface area contributed by atoms with E-state index in [1.54, 1.807) is 17.0 Å². The van der Waals surface area contributed by atoms with Crippen molar-refractivity contribution in [3.8, 4) is 0 Å². The molecule has 1 amide bonds. The second kappa shape index (κ2) is 7.11. The first-order chi connectivity index (χ1) is 11.2. The van der Waals surface area contributed by atoms with Gasteiger partial charge in [-0.05, 0) is 52.0 Å². The first-order valence-corrected chi connectivity index (χ1v) is 8.14. The highest BCUT2D eigenvalue weighted by atomic mass is 16.6. The lowest BCUT2D eigenvalue weighted by atomic mass is 10.1. The van der Waals surface area contributed by atoms with Crippen molar-refractivity contribution in [3.63, 3.8) is 0 Å². The fourth-order valence-electron chi connectivity index (χ4n) is 2.74. The van der Waals surface area contributed by atoms with Crippen LogP contribution in [0.25, 0.3) is 0 Å². The molecular weight excluding hydrogens is 308 g/mol. The van der Waals surface area contributed by atoms with Gasteiger partial charge in [0.2, 0.25) is 0 Å². The van der Waals surface area contributed by atoms with Gasteiger partial charge in [-0.25, -0.2) is 9.59 Å². The van der Waals surface area contributed by atoms with Crippen LogP contribution in [0.3, 0.4) is 0 Å². The van der Waals surface area contributed by atoms with E-state index < -0.39 is 5.60 Å². The zero-order valence-corrected chi connectivity index (χ0v) is 15.0. The predicted octanol–water partition coefficient (Wildman–Crippen LogP) is 2.92. The quantitative estimate of drug-likeness (QED) is 0.778. The summed E-state index contributed by atoms with van der Waals surface area (Å²) in [4.78, 5) is 27.7. The molecule has 1 aromatic carbocycles. The van der Waals surface area contributed by atoms with Crippen LogP contribution in [0.1, 0.15) is 38.1 Å². The van der Waals surface area contributed by atoms with Crippen LogP contribution in [0.2, 0.25) is 0 Å². The normalized spacial score (nSPS) is 18.3. The molecule has 1 aliphatic rings. The van der Waals surface area contributed by atoms with E-state index in [1.165, 1.54) is 7.11 Å². The van der Waals surface area contributed by atoms with Crippen LogP contribution < -0.4 is 4.90 Å². The zero-order chi connectivity index (χ0) is 17.9. The number of methoxy groups -OCH3 is 1. The minimum Gasteiger partial charge on any atom is -0.465 e. The number of carbonyl (C=O) groups excluding carboxylic acids is 2. The Hall–Kier alpha value is -2.24. The number of hydrogen-bond donors (Lipinski definition) is 0. The number of ether oxygens (including phenoxy) is 2. The molecule has 1 unspecified atom stereocenters. The molecule has 0 aliphatic carbocycles. The van der Waals surface area contributed by atoms with Crippen molar-refractivity contribution in [2.45, 2.75) is 39.3 Å². The van der Waals surface area contributed by atoms with Gasteiger partial charge in [0.1, 0.15) is 5.60 Å². The molecule has 6 heteroatoms. The summed E-state index contributed by atoms with van der Waals surface area (Å²) in [6.07, 6.45) is -0.268. The summed E-state index contributed by atoms with van der Waals surface area (Å²) in [7, 11) is 1.37. The Kier molecular flexibility index (Phi) is 5.36. The third-order valence-electron chi connectivity index (χ3n) is 3.90. The van der Waals surface area contributed by atoms with E-state index in [0.29, 0.717) is 18.7 Å². The molecule has 0 aromatic heterocycles. The van der Waals surface area contributed by atoms with Gasteiger partial charge >= 0.3 is 12.1 Å². The average molecular weight is 334 g/mol. The maximum absolute atomic E-state index is 12.2. The largest absolute Gasteiger partial charge is 0.465 e. The lowest BCUT2D eigenvalue weighted by molar-refractivity contribution is 0.0218. The third-order valence-corrected chi connectivity index (χ3v) is 3.90. The molecule has 0 bridgehead atoms. The number of carbonyl (C=O) groups is 2. The van der Waals surface area contributed by atoms with Crippen molar-refractivity contribution >= 4 is 17.7 Å². The maximum atomic E-state index is 12.2. The Morgan fingerprint density at radius 2 is 1.75 bits per heavy atom. The number of piperazine rings is 1. The molecule has 132 valence electrons. The van der Waals surface area contributed by atoms with Crippen molar-refractivity contribution < 1.29 is 19.1 Å². The fourth-order valence-corrected chi connectivity index (χ4v) is 2.74. The Bertz CT molecular complexity index is 592. The molecule has 1 atom stereocenters. The van der Waals surface area contributed by atoms with E-state index in [9.17, 15) is 9.59 Å². The van der Waals surface area contributed by atoms with Gasteiger partial charge in [0, 0.05) is 31.4 Å². The van der Waals surface area contributed by atoms with Crippen molar-refractivity contribution in [3.05, 3.63) is 29.8 Å². The molecule has 1 fully saturated rings. The Morgan fingerprint density at radius 3 is 2.25 bits per heavy atom. The summed E-state index contributed by atoms with van der Waals surface area (Å²) < 4.78 is 10.2. The van der Waals surface area contributed by atoms with Gasteiger partial charge in [0.15, 0.2) is 0 Å². The summed E-state index contributed by atoms with van der Waals surface area (Å²) in [5.41, 5.74) is 1.07. The van der Waals surface area contributed by atoms with Gasteiger partial charge in [-0.3, -0.25) is 0 Å². The SMILES string of the molecule is COC(=O)c1ccc(N2CCN(C(=O)OC(C)(C)C)CC2C)cc1. The smallest absolute Gasteiger partial charge is 0.410 e. The minimum atomic E-state index is -0.485. The Labute approximate surface area is 143 Å². The predicted molar refractivity (Wildman–Crippen MR) is 92.4 cm³/mol. The summed E-state index contributed by atoms with van der Waals surface area (Å²) in [5.74, 6) is -0.343. The Morgan fingerprint density at radius 1 is 1.12 bits per heavy atom. The average Bonchev–Trinajstić information content (AvgIpc) is 2.52. The van der Waals surface area contributed by atoms with Gasteiger partial charge in [-0.2, -0.15) is 0 Å². The van der Waals surface area contributed by atoms with E-state index in [1.807, 2.05) is 32.9 Å². The second-order valence-electron chi connectivity index (χ2n) is 7.01. The maximum Gasteiger partial charge on any atom is 0.410 e. The van der Waals surface area contributed by atoms with Crippen LogP contribution in [0.15, 0.2) is 24.3 Å². The van der Waals surface area contributed by atoms with E-state index in [-0.39, 0.29) is 18.1 Å². The van der Waals surface area contributed by atoms with Crippen LogP contribution in [0, 0.1) is 0 Å². The number of nitrogens with zero attached hydrogens (tertiary/aromatic N) is 2. The Balaban J connectivity index is 2.01. The van der Waals surface area contributed by atoms with E-state index >= 15 is 0 Å². The molecule has 24 heavy (non-hydrogen) atoms. The van der Waals surface area contributed by atoms with Crippen molar-refractivity contribution in [1.82, 2.24) is 4.90 Å². The van der Waals surface area contributed by atoms with Crippen molar-refractivity contribution in [1.29, 1.82) is 0 Å². The summed E-state index contributed by atoms with van der Waals surface area (Å²) >= 11 is 0. The molecule has 6 nitrogen and oxygen atoms in total. The number of esters is 1. The van der Waals surface area contributed by atoms with Gasteiger partial charge < -0.3 is 19.3 Å². The van der Waals surface area contributed by atoms with Gasteiger partial charge in [0.25, 0.3) is 0 Å². The van der Waals surface area contributed by atoms with Crippen LogP contribution >= 0.6 is 0 Å². The lowest BCUT2D eigenvalue weighted by Crippen LogP contribution is -2.54. The number of hydrogen-bond acceptors (Lipinski definition) is 5. The fraction of sp³-hybridized carbons (Fsp3) is 0.556. The summed E-state index contributed by atoms with van der Waals surface area (Å²) in [5, 5.41) is 0. The van der Waals surface area contributed by atoms with Gasteiger partial charge in [-0.15, -0.1) is 0 Å². The standard InChI is InChI=1S/C18H26N2O4/c1-13-12-19(17(22)24-18(2,3)4)10-11-20(13)15-8-6-14(7-9-15)16(21)23-5/h6-9,13H,10-12H2,1-5H3.